The number of hydrogen-bond donors (Lipinski definition) is 2. The molecule has 0 aliphatic heterocycles. The molecule has 0 atom stereocenters. The van der Waals surface area contributed by atoms with Crippen LogP contribution in [0, 0.1) is 18.6 Å². The molecule has 0 bridgehead atoms. The first-order valence-corrected chi connectivity index (χ1v) is 5.90. The standard InChI is InChI=1S/C14H14F2N2O/c1-9-5-10(7-17-9)6-14(19)18-8-11-12(15)3-2-4-13(11)16/h2-5,7,17H,6,8H2,1H3,(H,18,19). The van der Waals surface area contributed by atoms with Crippen molar-refractivity contribution in [3.63, 3.8) is 0 Å². The molecule has 1 heterocycles. The van der Waals surface area contributed by atoms with Gasteiger partial charge in [-0.2, -0.15) is 0 Å². The molecule has 0 aliphatic rings. The number of H-pyrrole nitrogens is 1. The molecule has 1 amide bonds. The SMILES string of the molecule is Cc1cc(CC(=O)NCc2c(F)cccc2F)c[nH]1. The van der Waals surface area contributed by atoms with Crippen LogP contribution in [-0.4, -0.2) is 10.9 Å². The van der Waals surface area contributed by atoms with Gasteiger partial charge in [-0.3, -0.25) is 4.79 Å². The van der Waals surface area contributed by atoms with E-state index in [9.17, 15) is 13.6 Å². The summed E-state index contributed by atoms with van der Waals surface area (Å²) < 4.78 is 26.7. The zero-order chi connectivity index (χ0) is 13.8. The van der Waals surface area contributed by atoms with Crippen LogP contribution in [0.1, 0.15) is 16.8 Å². The van der Waals surface area contributed by atoms with Crippen LogP contribution in [0.3, 0.4) is 0 Å². The topological polar surface area (TPSA) is 44.9 Å². The fraction of sp³-hybridized carbons (Fsp3) is 0.214. The number of carbonyl (C=O) groups excluding carboxylic acids is 1. The second-order valence-electron chi connectivity index (χ2n) is 4.34. The van der Waals surface area contributed by atoms with Crippen molar-refractivity contribution in [1.82, 2.24) is 10.3 Å². The molecule has 0 aliphatic carbocycles. The van der Waals surface area contributed by atoms with E-state index in [1.54, 1.807) is 6.20 Å². The van der Waals surface area contributed by atoms with Gasteiger partial charge in [-0.1, -0.05) is 6.07 Å². The normalized spacial score (nSPS) is 10.5. The fourth-order valence-electron chi connectivity index (χ4n) is 1.81. The zero-order valence-corrected chi connectivity index (χ0v) is 10.5. The van der Waals surface area contributed by atoms with E-state index in [-0.39, 0.29) is 24.4 Å². The largest absolute Gasteiger partial charge is 0.365 e. The van der Waals surface area contributed by atoms with Crippen molar-refractivity contribution in [2.45, 2.75) is 19.9 Å². The average molecular weight is 264 g/mol. The van der Waals surface area contributed by atoms with Gasteiger partial charge in [0.2, 0.25) is 5.91 Å². The number of halogens is 2. The van der Waals surface area contributed by atoms with Gasteiger partial charge >= 0.3 is 0 Å². The van der Waals surface area contributed by atoms with E-state index >= 15 is 0 Å². The van der Waals surface area contributed by atoms with E-state index in [1.165, 1.54) is 18.2 Å². The molecule has 1 aromatic carbocycles. The highest BCUT2D eigenvalue weighted by Gasteiger charge is 2.10. The molecule has 100 valence electrons. The molecule has 2 N–H and O–H groups in total. The number of carbonyl (C=O) groups is 1. The molecule has 0 spiro atoms. The average Bonchev–Trinajstić information content (AvgIpc) is 2.74. The minimum atomic E-state index is -0.655. The summed E-state index contributed by atoms with van der Waals surface area (Å²) in [6.07, 6.45) is 1.92. The van der Waals surface area contributed by atoms with E-state index in [4.69, 9.17) is 0 Å². The Kier molecular flexibility index (Phi) is 3.94. The van der Waals surface area contributed by atoms with Gasteiger partial charge in [0, 0.05) is 24.0 Å². The van der Waals surface area contributed by atoms with Crippen LogP contribution in [-0.2, 0) is 17.8 Å². The summed E-state index contributed by atoms with van der Waals surface area (Å²) in [5, 5.41) is 2.51. The number of amides is 1. The monoisotopic (exact) mass is 264 g/mol. The lowest BCUT2D eigenvalue weighted by Crippen LogP contribution is -2.25. The molecule has 0 saturated heterocycles. The molecule has 0 unspecified atom stereocenters. The second-order valence-corrected chi connectivity index (χ2v) is 4.34. The van der Waals surface area contributed by atoms with Gasteiger partial charge in [0.25, 0.3) is 0 Å². The first kappa shape index (κ1) is 13.3. The molecule has 3 nitrogen and oxygen atoms in total. The number of aromatic amines is 1. The molecule has 2 rings (SSSR count). The molecular formula is C14H14F2N2O. The lowest BCUT2D eigenvalue weighted by Gasteiger charge is -2.06. The van der Waals surface area contributed by atoms with Crippen molar-refractivity contribution in [2.24, 2.45) is 0 Å². The lowest BCUT2D eigenvalue weighted by molar-refractivity contribution is -0.120. The summed E-state index contributed by atoms with van der Waals surface area (Å²) in [6.45, 7) is 1.73. The Bertz CT molecular complexity index is 573. The van der Waals surface area contributed by atoms with Crippen molar-refractivity contribution in [2.75, 3.05) is 0 Å². The van der Waals surface area contributed by atoms with Crippen LogP contribution < -0.4 is 5.32 Å². The summed E-state index contributed by atoms with van der Waals surface area (Å²) in [7, 11) is 0. The van der Waals surface area contributed by atoms with E-state index < -0.39 is 11.6 Å². The lowest BCUT2D eigenvalue weighted by atomic mass is 10.2. The quantitative estimate of drug-likeness (QED) is 0.875. The Morgan fingerprint density at radius 2 is 2.00 bits per heavy atom. The molecule has 5 heteroatoms. The maximum Gasteiger partial charge on any atom is 0.224 e. The van der Waals surface area contributed by atoms with E-state index in [0.717, 1.165) is 11.3 Å². The van der Waals surface area contributed by atoms with Crippen LogP contribution in [0.4, 0.5) is 8.78 Å². The maximum absolute atomic E-state index is 13.3. The zero-order valence-electron chi connectivity index (χ0n) is 10.5. The third kappa shape index (κ3) is 3.40. The van der Waals surface area contributed by atoms with Crippen LogP contribution in [0.2, 0.25) is 0 Å². The molecule has 0 saturated carbocycles. The molecule has 19 heavy (non-hydrogen) atoms. The van der Waals surface area contributed by atoms with Gasteiger partial charge in [-0.15, -0.1) is 0 Å². The number of nitrogens with one attached hydrogen (secondary N) is 2. The van der Waals surface area contributed by atoms with E-state index in [1.807, 2.05) is 13.0 Å². The van der Waals surface area contributed by atoms with Crippen molar-refractivity contribution in [3.8, 4) is 0 Å². The van der Waals surface area contributed by atoms with Crippen LogP contribution in [0.5, 0.6) is 0 Å². The predicted molar refractivity (Wildman–Crippen MR) is 67.4 cm³/mol. The highest BCUT2D eigenvalue weighted by atomic mass is 19.1. The predicted octanol–water partition coefficient (Wildman–Crippen LogP) is 2.46. The third-order valence-corrected chi connectivity index (χ3v) is 2.78. The van der Waals surface area contributed by atoms with Crippen LogP contribution in [0.25, 0.3) is 0 Å². The van der Waals surface area contributed by atoms with Crippen molar-refractivity contribution in [1.29, 1.82) is 0 Å². The Morgan fingerprint density at radius 1 is 1.32 bits per heavy atom. The molecule has 1 aromatic heterocycles. The van der Waals surface area contributed by atoms with Gasteiger partial charge in [0.15, 0.2) is 0 Å². The fourth-order valence-corrected chi connectivity index (χ4v) is 1.81. The maximum atomic E-state index is 13.3. The van der Waals surface area contributed by atoms with E-state index in [0.29, 0.717) is 0 Å². The summed E-state index contributed by atoms with van der Waals surface area (Å²) in [5.74, 6) is -1.59. The molecule has 2 aromatic rings. The third-order valence-electron chi connectivity index (χ3n) is 2.78. The highest BCUT2D eigenvalue weighted by molar-refractivity contribution is 5.78. The number of benzene rings is 1. The minimum Gasteiger partial charge on any atom is -0.365 e. The summed E-state index contributed by atoms with van der Waals surface area (Å²) >= 11 is 0. The number of rotatable bonds is 4. The number of hydrogen-bond acceptors (Lipinski definition) is 1. The number of aromatic nitrogens is 1. The smallest absolute Gasteiger partial charge is 0.224 e. The Morgan fingerprint density at radius 3 is 2.58 bits per heavy atom. The minimum absolute atomic E-state index is 0.124. The second kappa shape index (κ2) is 5.65. The Hall–Kier alpha value is -2.17. The van der Waals surface area contributed by atoms with Gasteiger partial charge in [-0.25, -0.2) is 8.78 Å². The van der Waals surface area contributed by atoms with Crippen molar-refractivity contribution >= 4 is 5.91 Å². The van der Waals surface area contributed by atoms with Crippen LogP contribution in [0.15, 0.2) is 30.5 Å². The van der Waals surface area contributed by atoms with Crippen molar-refractivity contribution in [3.05, 3.63) is 58.9 Å². The van der Waals surface area contributed by atoms with Gasteiger partial charge in [-0.05, 0) is 30.7 Å². The van der Waals surface area contributed by atoms with Crippen LogP contribution >= 0.6 is 0 Å². The Labute approximate surface area is 109 Å². The summed E-state index contributed by atoms with van der Waals surface area (Å²) in [4.78, 5) is 14.6. The first-order valence-electron chi connectivity index (χ1n) is 5.90. The summed E-state index contributed by atoms with van der Waals surface area (Å²) in [5.41, 5.74) is 1.67. The van der Waals surface area contributed by atoms with E-state index in [2.05, 4.69) is 10.3 Å². The number of aryl methyl sites for hydroxylation is 1. The first-order chi connectivity index (χ1) is 9.06. The highest BCUT2D eigenvalue weighted by Crippen LogP contribution is 2.11. The molecule has 0 radical (unpaired) electrons. The van der Waals surface area contributed by atoms with Gasteiger partial charge in [0.05, 0.1) is 6.42 Å². The van der Waals surface area contributed by atoms with Gasteiger partial charge in [0.1, 0.15) is 11.6 Å². The molecular weight excluding hydrogens is 250 g/mol. The summed E-state index contributed by atoms with van der Waals surface area (Å²) in [6, 6.07) is 5.47. The van der Waals surface area contributed by atoms with Crippen molar-refractivity contribution < 1.29 is 13.6 Å². The van der Waals surface area contributed by atoms with Gasteiger partial charge < -0.3 is 10.3 Å². The Balaban J connectivity index is 1.93. The molecule has 0 fully saturated rings.